The lowest BCUT2D eigenvalue weighted by molar-refractivity contribution is 0.0455. The smallest absolute Gasteiger partial charge is 0.346 e. The third-order valence-electron chi connectivity index (χ3n) is 3.75. The number of benzene rings is 2. The maximum atomic E-state index is 12.4. The Morgan fingerprint density at radius 3 is 2.62 bits per heavy atom. The first-order chi connectivity index (χ1) is 11.6. The van der Waals surface area contributed by atoms with E-state index in [2.05, 4.69) is 0 Å². The van der Waals surface area contributed by atoms with Crippen molar-refractivity contribution in [2.24, 2.45) is 0 Å². The highest BCUT2D eigenvalue weighted by Gasteiger charge is 2.28. The fourth-order valence-corrected chi connectivity index (χ4v) is 2.68. The number of esters is 1. The van der Waals surface area contributed by atoms with Crippen LogP contribution in [0.5, 0.6) is 23.0 Å². The molecule has 0 unspecified atom stereocenters. The van der Waals surface area contributed by atoms with Gasteiger partial charge in [0, 0.05) is 5.56 Å². The summed E-state index contributed by atoms with van der Waals surface area (Å²) in [7, 11) is 2.92. The standard InChI is InChI=1S/C18H16O6/c1-10-6-12-9-23-18(20)15-13(24-16(12)14(7-10)21-2)5-4-11(8-19)17(15)22-3/h4-8H,9H2,1-3H3. The Morgan fingerprint density at radius 2 is 1.96 bits per heavy atom. The molecule has 6 nitrogen and oxygen atoms in total. The summed E-state index contributed by atoms with van der Waals surface area (Å²) in [5.41, 5.74) is 1.98. The van der Waals surface area contributed by atoms with Gasteiger partial charge < -0.3 is 18.9 Å². The van der Waals surface area contributed by atoms with E-state index >= 15 is 0 Å². The number of hydrogen-bond donors (Lipinski definition) is 0. The topological polar surface area (TPSA) is 71.1 Å². The third-order valence-corrected chi connectivity index (χ3v) is 3.75. The largest absolute Gasteiger partial charge is 0.495 e. The number of carbonyl (C=O) groups is 2. The van der Waals surface area contributed by atoms with E-state index in [1.165, 1.54) is 19.2 Å². The van der Waals surface area contributed by atoms with Gasteiger partial charge in [-0.2, -0.15) is 0 Å². The minimum Gasteiger partial charge on any atom is -0.495 e. The molecule has 1 aliphatic rings. The molecule has 0 saturated heterocycles. The summed E-state index contributed by atoms with van der Waals surface area (Å²) in [6.07, 6.45) is 0.614. The maximum absolute atomic E-state index is 12.4. The Balaban J connectivity index is 2.23. The number of rotatable bonds is 3. The van der Waals surface area contributed by atoms with Crippen molar-refractivity contribution in [2.45, 2.75) is 13.5 Å². The molecular formula is C18H16O6. The van der Waals surface area contributed by atoms with Crippen LogP contribution < -0.4 is 14.2 Å². The van der Waals surface area contributed by atoms with Crippen LogP contribution in [0.25, 0.3) is 0 Å². The molecule has 3 rings (SSSR count). The molecule has 124 valence electrons. The van der Waals surface area contributed by atoms with E-state index in [1.54, 1.807) is 7.11 Å². The molecule has 1 heterocycles. The zero-order valence-corrected chi connectivity index (χ0v) is 13.5. The highest BCUT2D eigenvalue weighted by Crippen LogP contribution is 2.42. The second-order valence-electron chi connectivity index (χ2n) is 5.31. The first-order valence-electron chi connectivity index (χ1n) is 7.27. The highest BCUT2D eigenvalue weighted by molar-refractivity contribution is 5.99. The van der Waals surface area contributed by atoms with Crippen LogP contribution >= 0.6 is 0 Å². The van der Waals surface area contributed by atoms with Gasteiger partial charge in [-0.3, -0.25) is 4.79 Å². The van der Waals surface area contributed by atoms with Crippen molar-refractivity contribution in [2.75, 3.05) is 14.2 Å². The van der Waals surface area contributed by atoms with Gasteiger partial charge in [-0.15, -0.1) is 0 Å². The fourth-order valence-electron chi connectivity index (χ4n) is 2.68. The molecule has 0 bridgehead atoms. The average Bonchev–Trinajstić information content (AvgIpc) is 2.58. The molecule has 0 radical (unpaired) electrons. The van der Waals surface area contributed by atoms with Gasteiger partial charge in [0.2, 0.25) is 0 Å². The minimum atomic E-state index is -0.614. The summed E-state index contributed by atoms with van der Waals surface area (Å²) in [5.74, 6) is 0.759. The summed E-state index contributed by atoms with van der Waals surface area (Å²) in [6.45, 7) is 1.94. The van der Waals surface area contributed by atoms with Gasteiger partial charge in [0.15, 0.2) is 17.8 Å². The number of cyclic esters (lactones) is 1. The molecule has 0 spiro atoms. The van der Waals surface area contributed by atoms with Crippen LogP contribution in [0, 0.1) is 6.92 Å². The van der Waals surface area contributed by atoms with Crippen LogP contribution in [-0.4, -0.2) is 26.5 Å². The molecular weight excluding hydrogens is 312 g/mol. The SMILES string of the molecule is COc1cc(C)cc2c1Oc1ccc(C=O)c(OC)c1C(=O)OC2. The predicted octanol–water partition coefficient (Wildman–Crippen LogP) is 3.29. The fraction of sp³-hybridized carbons (Fsp3) is 0.222. The molecule has 0 N–H and O–H groups in total. The van der Waals surface area contributed by atoms with E-state index in [0.29, 0.717) is 23.3 Å². The van der Waals surface area contributed by atoms with E-state index in [0.717, 1.165) is 5.56 Å². The molecule has 1 aliphatic heterocycles. The summed E-state index contributed by atoms with van der Waals surface area (Å²) in [4.78, 5) is 23.6. The van der Waals surface area contributed by atoms with E-state index in [-0.39, 0.29) is 29.2 Å². The van der Waals surface area contributed by atoms with Crippen LogP contribution in [0.3, 0.4) is 0 Å². The Kier molecular flexibility index (Phi) is 4.12. The predicted molar refractivity (Wildman–Crippen MR) is 85.3 cm³/mol. The molecule has 6 heteroatoms. The van der Waals surface area contributed by atoms with Crippen LogP contribution in [-0.2, 0) is 11.3 Å². The van der Waals surface area contributed by atoms with Gasteiger partial charge in [-0.05, 0) is 36.8 Å². The second kappa shape index (κ2) is 6.23. The van der Waals surface area contributed by atoms with Crippen LogP contribution in [0.1, 0.15) is 31.8 Å². The molecule has 0 atom stereocenters. The van der Waals surface area contributed by atoms with Crippen molar-refractivity contribution in [1.29, 1.82) is 0 Å². The number of aldehydes is 1. The van der Waals surface area contributed by atoms with Crippen molar-refractivity contribution in [3.05, 3.63) is 46.5 Å². The van der Waals surface area contributed by atoms with E-state index in [9.17, 15) is 9.59 Å². The Hall–Kier alpha value is -3.02. The molecule has 2 aromatic carbocycles. The molecule has 0 aromatic heterocycles. The molecule has 24 heavy (non-hydrogen) atoms. The van der Waals surface area contributed by atoms with E-state index in [4.69, 9.17) is 18.9 Å². The lowest BCUT2D eigenvalue weighted by Gasteiger charge is -2.22. The van der Waals surface area contributed by atoms with Crippen LogP contribution in [0.2, 0.25) is 0 Å². The first kappa shape index (κ1) is 15.9. The summed E-state index contributed by atoms with van der Waals surface area (Å²) >= 11 is 0. The molecule has 0 aliphatic carbocycles. The summed E-state index contributed by atoms with van der Waals surface area (Å²) < 4.78 is 21.9. The Morgan fingerprint density at radius 1 is 1.17 bits per heavy atom. The Bertz CT molecular complexity index is 825. The van der Waals surface area contributed by atoms with E-state index < -0.39 is 5.97 Å². The number of ether oxygens (including phenoxy) is 4. The second-order valence-corrected chi connectivity index (χ2v) is 5.31. The average molecular weight is 328 g/mol. The van der Waals surface area contributed by atoms with Crippen molar-refractivity contribution >= 4 is 12.3 Å². The number of carbonyl (C=O) groups excluding carboxylic acids is 2. The third kappa shape index (κ3) is 2.56. The van der Waals surface area contributed by atoms with E-state index in [1.807, 2.05) is 19.1 Å². The number of aryl methyl sites for hydroxylation is 1. The van der Waals surface area contributed by atoms with Gasteiger partial charge in [-0.25, -0.2) is 4.79 Å². The molecule has 0 amide bonds. The quantitative estimate of drug-likeness (QED) is 0.636. The lowest BCUT2D eigenvalue weighted by Crippen LogP contribution is -2.14. The van der Waals surface area contributed by atoms with Gasteiger partial charge in [0.25, 0.3) is 0 Å². The molecule has 0 saturated carbocycles. The molecule has 0 fully saturated rings. The van der Waals surface area contributed by atoms with Gasteiger partial charge in [0.05, 0.1) is 19.8 Å². The van der Waals surface area contributed by atoms with Crippen molar-refractivity contribution < 1.29 is 28.5 Å². The number of hydrogen-bond acceptors (Lipinski definition) is 6. The zero-order chi connectivity index (χ0) is 17.3. The minimum absolute atomic E-state index is 0.0279. The molecule has 2 aromatic rings. The maximum Gasteiger partial charge on any atom is 0.346 e. The van der Waals surface area contributed by atoms with Gasteiger partial charge >= 0.3 is 5.97 Å². The monoisotopic (exact) mass is 328 g/mol. The summed E-state index contributed by atoms with van der Waals surface area (Å²) in [5, 5.41) is 0. The number of methoxy groups -OCH3 is 2. The highest BCUT2D eigenvalue weighted by atomic mass is 16.6. The van der Waals surface area contributed by atoms with Gasteiger partial charge in [0.1, 0.15) is 23.7 Å². The van der Waals surface area contributed by atoms with Crippen molar-refractivity contribution in [3.8, 4) is 23.0 Å². The zero-order valence-electron chi connectivity index (χ0n) is 13.5. The lowest BCUT2D eigenvalue weighted by atomic mass is 10.1. The Labute approximate surface area is 138 Å². The first-order valence-corrected chi connectivity index (χ1v) is 7.27. The normalized spacial score (nSPS) is 12.7. The van der Waals surface area contributed by atoms with Crippen molar-refractivity contribution in [1.82, 2.24) is 0 Å². The number of fused-ring (bicyclic) bond motifs is 2. The summed E-state index contributed by atoms with van der Waals surface area (Å²) in [6, 6.07) is 6.77. The van der Waals surface area contributed by atoms with Gasteiger partial charge in [-0.1, -0.05) is 0 Å². The van der Waals surface area contributed by atoms with Crippen LogP contribution in [0.15, 0.2) is 24.3 Å². The van der Waals surface area contributed by atoms with Crippen molar-refractivity contribution in [3.63, 3.8) is 0 Å². The van der Waals surface area contributed by atoms with Crippen LogP contribution in [0.4, 0.5) is 0 Å².